The summed E-state index contributed by atoms with van der Waals surface area (Å²) >= 11 is 0. The molecule has 4 nitrogen and oxygen atoms in total. The largest absolute Gasteiger partial charge is 0.377 e. The Balaban J connectivity index is 4.38. The summed E-state index contributed by atoms with van der Waals surface area (Å²) < 4.78 is 5.10. The van der Waals surface area contributed by atoms with Crippen molar-refractivity contribution in [2.45, 2.75) is 25.5 Å². The topological polar surface area (TPSA) is 55.6 Å². The molecule has 0 aliphatic rings. The van der Waals surface area contributed by atoms with Crippen molar-refractivity contribution in [2.24, 2.45) is 5.73 Å². The maximum absolute atomic E-state index is 11.4. The number of carbonyl (C=O) groups excluding carboxylic acids is 1. The van der Waals surface area contributed by atoms with E-state index >= 15 is 0 Å². The third-order valence-corrected chi connectivity index (χ3v) is 1.98. The normalized spacial score (nSPS) is 14.2. The molecule has 0 aliphatic carbocycles. The van der Waals surface area contributed by atoms with Crippen LogP contribution in [0.5, 0.6) is 0 Å². The van der Waals surface area contributed by atoms with Gasteiger partial charge in [-0.15, -0.1) is 0 Å². The van der Waals surface area contributed by atoms with E-state index in [1.165, 1.54) is 4.90 Å². The number of likely N-dealkylation sites (N-methyl/N-ethyl adjacent to an activating group) is 1. The average molecular weight is 174 g/mol. The maximum atomic E-state index is 11.4. The molecule has 4 heteroatoms. The predicted octanol–water partition coefficient (Wildman–Crippen LogP) is -0.173. The second kappa shape index (κ2) is 3.87. The zero-order valence-electron chi connectivity index (χ0n) is 8.42. The molecule has 0 radical (unpaired) electrons. The number of hydrogen-bond donors (Lipinski definition) is 1. The van der Waals surface area contributed by atoms with Crippen molar-refractivity contribution in [3.8, 4) is 0 Å². The van der Waals surface area contributed by atoms with E-state index in [2.05, 4.69) is 0 Å². The molecule has 0 fully saturated rings. The molecule has 0 saturated heterocycles. The average Bonchev–Trinajstić information content (AvgIpc) is 2.01. The third kappa shape index (κ3) is 2.46. The lowest BCUT2D eigenvalue weighted by Gasteiger charge is -2.30. The number of nitrogens with two attached hydrogens (primary N) is 1. The SMILES string of the molecule is COC(C)(C)[C@H](N)C(=O)N(C)C. The molecule has 72 valence electrons. The molecule has 0 bridgehead atoms. The van der Waals surface area contributed by atoms with Gasteiger partial charge in [0.05, 0.1) is 5.60 Å². The highest BCUT2D eigenvalue weighted by Crippen LogP contribution is 2.12. The van der Waals surface area contributed by atoms with E-state index in [0.29, 0.717) is 0 Å². The van der Waals surface area contributed by atoms with Crippen LogP contribution in [0.2, 0.25) is 0 Å². The van der Waals surface area contributed by atoms with Crippen LogP contribution in [0.15, 0.2) is 0 Å². The molecule has 2 N–H and O–H groups in total. The van der Waals surface area contributed by atoms with Crippen molar-refractivity contribution in [1.82, 2.24) is 4.90 Å². The number of carbonyl (C=O) groups is 1. The molecule has 0 aliphatic heterocycles. The first-order valence-corrected chi connectivity index (χ1v) is 3.85. The summed E-state index contributed by atoms with van der Waals surface area (Å²) in [7, 11) is 4.89. The number of amides is 1. The maximum Gasteiger partial charge on any atom is 0.241 e. The van der Waals surface area contributed by atoms with Crippen LogP contribution < -0.4 is 5.73 Å². The van der Waals surface area contributed by atoms with Crippen molar-refractivity contribution in [1.29, 1.82) is 0 Å². The highest BCUT2D eigenvalue weighted by atomic mass is 16.5. The van der Waals surface area contributed by atoms with Gasteiger partial charge in [0.2, 0.25) is 5.91 Å². The predicted molar refractivity (Wildman–Crippen MR) is 47.8 cm³/mol. The van der Waals surface area contributed by atoms with Crippen LogP contribution in [0.1, 0.15) is 13.8 Å². The van der Waals surface area contributed by atoms with Gasteiger partial charge in [-0.1, -0.05) is 0 Å². The Morgan fingerprint density at radius 1 is 1.50 bits per heavy atom. The van der Waals surface area contributed by atoms with Crippen molar-refractivity contribution < 1.29 is 9.53 Å². The summed E-state index contributed by atoms with van der Waals surface area (Å²) in [6, 6.07) is -0.613. The van der Waals surface area contributed by atoms with Crippen molar-refractivity contribution in [3.05, 3.63) is 0 Å². The molecule has 0 spiro atoms. The molecule has 0 aromatic heterocycles. The minimum atomic E-state index is -0.613. The van der Waals surface area contributed by atoms with Gasteiger partial charge in [-0.2, -0.15) is 0 Å². The highest BCUT2D eigenvalue weighted by Gasteiger charge is 2.32. The Kier molecular flexibility index (Phi) is 3.67. The number of hydrogen-bond acceptors (Lipinski definition) is 3. The van der Waals surface area contributed by atoms with E-state index in [9.17, 15) is 4.79 Å². The number of methoxy groups -OCH3 is 1. The summed E-state index contributed by atoms with van der Waals surface area (Å²) in [5.74, 6) is -0.123. The Morgan fingerprint density at radius 3 is 2.17 bits per heavy atom. The van der Waals surface area contributed by atoms with Gasteiger partial charge in [-0.3, -0.25) is 4.79 Å². The van der Waals surface area contributed by atoms with Crippen LogP contribution in [0.25, 0.3) is 0 Å². The van der Waals surface area contributed by atoms with Crippen molar-refractivity contribution in [3.63, 3.8) is 0 Å². The van der Waals surface area contributed by atoms with E-state index in [1.807, 2.05) is 0 Å². The molecule has 0 unspecified atom stereocenters. The molecule has 0 saturated carbocycles. The van der Waals surface area contributed by atoms with Gasteiger partial charge < -0.3 is 15.4 Å². The second-order valence-corrected chi connectivity index (χ2v) is 3.52. The molecule has 0 rings (SSSR count). The molecular weight excluding hydrogens is 156 g/mol. The Hall–Kier alpha value is -0.610. The number of rotatable bonds is 3. The summed E-state index contributed by atoms with van der Waals surface area (Å²) in [6.07, 6.45) is 0. The van der Waals surface area contributed by atoms with Crippen LogP contribution in [0, 0.1) is 0 Å². The van der Waals surface area contributed by atoms with E-state index < -0.39 is 11.6 Å². The molecule has 0 heterocycles. The summed E-state index contributed by atoms with van der Waals surface area (Å²) in [6.45, 7) is 3.58. The fourth-order valence-corrected chi connectivity index (χ4v) is 0.702. The van der Waals surface area contributed by atoms with Gasteiger partial charge in [-0.25, -0.2) is 0 Å². The third-order valence-electron chi connectivity index (χ3n) is 1.98. The first-order valence-electron chi connectivity index (χ1n) is 3.85. The van der Waals surface area contributed by atoms with Crippen LogP contribution in [0.4, 0.5) is 0 Å². The Labute approximate surface area is 73.7 Å². The van der Waals surface area contributed by atoms with Crippen molar-refractivity contribution in [2.75, 3.05) is 21.2 Å². The lowest BCUT2D eigenvalue weighted by Crippen LogP contribution is -2.54. The quantitative estimate of drug-likeness (QED) is 0.646. The fraction of sp³-hybridized carbons (Fsp3) is 0.875. The van der Waals surface area contributed by atoms with Crippen LogP contribution >= 0.6 is 0 Å². The zero-order chi connectivity index (χ0) is 9.94. The van der Waals surface area contributed by atoms with E-state index in [4.69, 9.17) is 10.5 Å². The molecule has 1 atom stereocenters. The van der Waals surface area contributed by atoms with Gasteiger partial charge in [0.1, 0.15) is 6.04 Å². The van der Waals surface area contributed by atoms with Crippen LogP contribution in [-0.2, 0) is 9.53 Å². The van der Waals surface area contributed by atoms with E-state index in [0.717, 1.165) is 0 Å². The van der Waals surface area contributed by atoms with E-state index in [-0.39, 0.29) is 5.91 Å². The minimum absolute atomic E-state index is 0.123. The second-order valence-electron chi connectivity index (χ2n) is 3.52. The van der Waals surface area contributed by atoms with Gasteiger partial charge in [0, 0.05) is 21.2 Å². The standard InChI is InChI=1S/C8H18N2O2/c1-8(2,12-5)6(9)7(11)10(3)4/h6H,9H2,1-5H3/t6-/m1/s1. The van der Waals surface area contributed by atoms with Gasteiger partial charge in [-0.05, 0) is 13.8 Å². The molecular formula is C8H18N2O2. The molecule has 12 heavy (non-hydrogen) atoms. The summed E-state index contributed by atoms with van der Waals surface area (Å²) in [5.41, 5.74) is 5.08. The molecule has 0 aromatic carbocycles. The summed E-state index contributed by atoms with van der Waals surface area (Å²) in [4.78, 5) is 12.8. The van der Waals surface area contributed by atoms with E-state index in [1.54, 1.807) is 35.1 Å². The smallest absolute Gasteiger partial charge is 0.241 e. The van der Waals surface area contributed by atoms with Crippen molar-refractivity contribution >= 4 is 5.91 Å². The molecule has 0 aromatic rings. The Bertz CT molecular complexity index is 166. The van der Waals surface area contributed by atoms with Crippen LogP contribution in [0.3, 0.4) is 0 Å². The first kappa shape index (κ1) is 11.4. The minimum Gasteiger partial charge on any atom is -0.377 e. The number of ether oxygens (including phenoxy) is 1. The van der Waals surface area contributed by atoms with Gasteiger partial charge >= 0.3 is 0 Å². The number of nitrogens with zero attached hydrogens (tertiary/aromatic N) is 1. The van der Waals surface area contributed by atoms with Gasteiger partial charge in [0.25, 0.3) is 0 Å². The fourth-order valence-electron chi connectivity index (χ4n) is 0.702. The highest BCUT2D eigenvalue weighted by molar-refractivity contribution is 5.82. The lowest BCUT2D eigenvalue weighted by atomic mass is 9.98. The first-order chi connectivity index (χ1) is 5.33. The zero-order valence-corrected chi connectivity index (χ0v) is 8.42. The van der Waals surface area contributed by atoms with Crippen LogP contribution in [-0.4, -0.2) is 43.7 Å². The van der Waals surface area contributed by atoms with Gasteiger partial charge in [0.15, 0.2) is 0 Å². The monoisotopic (exact) mass is 174 g/mol. The molecule has 1 amide bonds. The lowest BCUT2D eigenvalue weighted by molar-refractivity contribution is -0.136. The summed E-state index contributed by atoms with van der Waals surface area (Å²) in [5, 5.41) is 0. The Morgan fingerprint density at radius 2 is 1.92 bits per heavy atom.